The highest BCUT2D eigenvalue weighted by atomic mass is 32.1. The molecule has 0 aliphatic carbocycles. The lowest BCUT2D eigenvalue weighted by molar-refractivity contribution is 0.0748. The van der Waals surface area contributed by atoms with E-state index < -0.39 is 0 Å². The van der Waals surface area contributed by atoms with Crippen LogP contribution in [0.4, 0.5) is 0 Å². The van der Waals surface area contributed by atoms with Crippen molar-refractivity contribution in [2.45, 2.75) is 13.5 Å². The molecule has 0 spiro atoms. The molecule has 0 fully saturated rings. The number of thiazole rings is 1. The van der Waals surface area contributed by atoms with E-state index in [1.165, 1.54) is 11.3 Å². The van der Waals surface area contributed by atoms with E-state index in [2.05, 4.69) is 15.0 Å². The van der Waals surface area contributed by atoms with Gasteiger partial charge in [0.1, 0.15) is 5.82 Å². The quantitative estimate of drug-likeness (QED) is 0.603. The number of rotatable bonds is 4. The minimum absolute atomic E-state index is 0.0985. The molecule has 0 atom stereocenters. The van der Waals surface area contributed by atoms with E-state index in [9.17, 15) is 9.59 Å². The van der Waals surface area contributed by atoms with Crippen LogP contribution in [0.25, 0.3) is 21.1 Å². The van der Waals surface area contributed by atoms with Gasteiger partial charge in [0, 0.05) is 12.1 Å². The van der Waals surface area contributed by atoms with Crippen LogP contribution in [0.3, 0.4) is 0 Å². The summed E-state index contributed by atoms with van der Waals surface area (Å²) in [5, 5.41) is 0.543. The van der Waals surface area contributed by atoms with Gasteiger partial charge < -0.3 is 9.88 Å². The smallest absolute Gasteiger partial charge is 0.258 e. The first-order valence-electron chi connectivity index (χ1n) is 8.26. The van der Waals surface area contributed by atoms with Crippen LogP contribution in [0.15, 0.2) is 52.8 Å². The van der Waals surface area contributed by atoms with Gasteiger partial charge >= 0.3 is 0 Å². The van der Waals surface area contributed by atoms with Crippen molar-refractivity contribution in [1.29, 1.82) is 0 Å². The first-order valence-corrected chi connectivity index (χ1v) is 9.14. The lowest BCUT2D eigenvalue weighted by atomic mass is 10.2. The highest BCUT2D eigenvalue weighted by molar-refractivity contribution is 7.16. The van der Waals surface area contributed by atoms with E-state index in [0.717, 1.165) is 10.2 Å². The Morgan fingerprint density at radius 2 is 2.04 bits per heavy atom. The molecule has 1 amide bonds. The van der Waals surface area contributed by atoms with E-state index in [-0.39, 0.29) is 18.0 Å². The van der Waals surface area contributed by atoms with Crippen molar-refractivity contribution in [1.82, 2.24) is 19.9 Å². The number of carbonyl (C=O) groups excluding carboxylic acids is 1. The molecule has 2 aromatic carbocycles. The Morgan fingerprint density at radius 3 is 2.88 bits per heavy atom. The summed E-state index contributed by atoms with van der Waals surface area (Å²) in [5.74, 6) is 0.376. The van der Waals surface area contributed by atoms with Gasteiger partial charge in [-0.25, -0.2) is 9.97 Å². The van der Waals surface area contributed by atoms with Gasteiger partial charge in [0.25, 0.3) is 11.5 Å². The van der Waals surface area contributed by atoms with E-state index in [4.69, 9.17) is 0 Å². The summed E-state index contributed by atoms with van der Waals surface area (Å²) >= 11 is 1.50. The third-order valence-electron chi connectivity index (χ3n) is 4.25. The molecule has 2 heterocycles. The molecular weight excluding hydrogens is 348 g/mol. The second-order valence-corrected chi connectivity index (χ2v) is 6.77. The third-order valence-corrected chi connectivity index (χ3v) is 5.04. The van der Waals surface area contributed by atoms with Gasteiger partial charge in [-0.05, 0) is 37.3 Å². The van der Waals surface area contributed by atoms with Crippen molar-refractivity contribution in [2.24, 2.45) is 0 Å². The molecule has 0 aliphatic heterocycles. The fourth-order valence-corrected chi connectivity index (χ4v) is 3.60. The highest BCUT2D eigenvalue weighted by Gasteiger charge is 2.17. The summed E-state index contributed by atoms with van der Waals surface area (Å²) in [6.07, 6.45) is 0. The third kappa shape index (κ3) is 2.97. The molecule has 6 nitrogen and oxygen atoms in total. The van der Waals surface area contributed by atoms with Gasteiger partial charge in [-0.3, -0.25) is 9.59 Å². The zero-order valence-corrected chi connectivity index (χ0v) is 14.9. The van der Waals surface area contributed by atoms with Gasteiger partial charge in [0.05, 0.1) is 33.2 Å². The predicted molar refractivity (Wildman–Crippen MR) is 102 cm³/mol. The number of aromatic nitrogens is 3. The zero-order valence-electron chi connectivity index (χ0n) is 14.1. The molecule has 0 radical (unpaired) electrons. The normalized spacial score (nSPS) is 11.1. The molecule has 130 valence electrons. The number of H-pyrrole nitrogens is 1. The van der Waals surface area contributed by atoms with Crippen LogP contribution in [-0.2, 0) is 6.54 Å². The van der Waals surface area contributed by atoms with E-state index in [1.807, 2.05) is 25.1 Å². The average Bonchev–Trinajstić information content (AvgIpc) is 3.13. The second-order valence-electron chi connectivity index (χ2n) is 5.88. The first kappa shape index (κ1) is 16.4. The Kier molecular flexibility index (Phi) is 4.22. The van der Waals surface area contributed by atoms with E-state index in [0.29, 0.717) is 28.8 Å². The van der Waals surface area contributed by atoms with E-state index >= 15 is 0 Å². The van der Waals surface area contributed by atoms with Crippen molar-refractivity contribution in [3.8, 4) is 0 Å². The summed E-state index contributed by atoms with van der Waals surface area (Å²) in [6, 6.07) is 12.7. The molecule has 1 N–H and O–H groups in total. The van der Waals surface area contributed by atoms with Crippen LogP contribution in [0.2, 0.25) is 0 Å². The largest absolute Gasteiger partial charge is 0.331 e. The van der Waals surface area contributed by atoms with Gasteiger partial charge in [0.15, 0.2) is 0 Å². The molecule has 26 heavy (non-hydrogen) atoms. The maximum atomic E-state index is 12.9. The molecule has 0 saturated heterocycles. The summed E-state index contributed by atoms with van der Waals surface area (Å²) < 4.78 is 0.976. The van der Waals surface area contributed by atoms with Crippen LogP contribution in [0, 0.1) is 0 Å². The van der Waals surface area contributed by atoms with Crippen molar-refractivity contribution in [2.75, 3.05) is 6.54 Å². The molecule has 0 unspecified atom stereocenters. The van der Waals surface area contributed by atoms with Crippen molar-refractivity contribution >= 4 is 38.4 Å². The van der Waals surface area contributed by atoms with Crippen LogP contribution in [0.5, 0.6) is 0 Å². The van der Waals surface area contributed by atoms with Crippen LogP contribution in [-0.4, -0.2) is 32.3 Å². The van der Waals surface area contributed by atoms with Gasteiger partial charge in [-0.1, -0.05) is 12.1 Å². The maximum Gasteiger partial charge on any atom is 0.258 e. The lowest BCUT2D eigenvalue weighted by Gasteiger charge is -2.20. The predicted octanol–water partition coefficient (Wildman–Crippen LogP) is 3.20. The molecule has 0 bridgehead atoms. The summed E-state index contributed by atoms with van der Waals surface area (Å²) in [4.78, 5) is 38.3. The topological polar surface area (TPSA) is 79.0 Å². The number of fused-ring (bicyclic) bond motifs is 2. The monoisotopic (exact) mass is 364 g/mol. The Labute approximate surface area is 153 Å². The van der Waals surface area contributed by atoms with Gasteiger partial charge in [0.2, 0.25) is 0 Å². The Balaban J connectivity index is 1.64. The number of para-hydroxylation sites is 1. The minimum atomic E-state index is -0.194. The molecule has 0 saturated carbocycles. The molecule has 0 aliphatic rings. The number of hydrogen-bond acceptors (Lipinski definition) is 5. The van der Waals surface area contributed by atoms with Crippen molar-refractivity contribution in [3.63, 3.8) is 0 Å². The van der Waals surface area contributed by atoms with Crippen molar-refractivity contribution < 1.29 is 4.79 Å². The fourth-order valence-electron chi connectivity index (χ4n) is 2.89. The minimum Gasteiger partial charge on any atom is -0.331 e. The first-order chi connectivity index (χ1) is 12.7. The lowest BCUT2D eigenvalue weighted by Crippen LogP contribution is -2.31. The van der Waals surface area contributed by atoms with Crippen LogP contribution < -0.4 is 5.56 Å². The second kappa shape index (κ2) is 6.68. The van der Waals surface area contributed by atoms with Gasteiger partial charge in [-0.15, -0.1) is 11.3 Å². The average molecular weight is 364 g/mol. The maximum absolute atomic E-state index is 12.9. The van der Waals surface area contributed by atoms with Crippen LogP contribution >= 0.6 is 11.3 Å². The number of nitrogens with one attached hydrogen (secondary N) is 1. The Morgan fingerprint density at radius 1 is 1.19 bits per heavy atom. The Hall–Kier alpha value is -3.06. The summed E-state index contributed by atoms with van der Waals surface area (Å²) in [7, 11) is 0. The number of carbonyl (C=O) groups is 1. The number of amides is 1. The number of benzene rings is 2. The van der Waals surface area contributed by atoms with Crippen molar-refractivity contribution in [3.05, 3.63) is 69.7 Å². The molecule has 4 rings (SSSR count). The van der Waals surface area contributed by atoms with Gasteiger partial charge in [-0.2, -0.15) is 0 Å². The molecule has 4 aromatic rings. The molecule has 7 heteroatoms. The Bertz CT molecular complexity index is 1160. The highest BCUT2D eigenvalue weighted by Crippen LogP contribution is 2.20. The summed E-state index contributed by atoms with van der Waals surface area (Å²) in [6.45, 7) is 2.66. The molecule has 2 aromatic heterocycles. The SMILES string of the molecule is CCN(Cc1nc2ccccc2c(=O)[nH]1)C(=O)c1ccc2ncsc2c1. The number of aromatic amines is 1. The van der Waals surface area contributed by atoms with Crippen LogP contribution in [0.1, 0.15) is 23.1 Å². The number of hydrogen-bond donors (Lipinski definition) is 1. The number of nitrogens with zero attached hydrogens (tertiary/aromatic N) is 3. The fraction of sp³-hybridized carbons (Fsp3) is 0.158. The standard InChI is InChI=1S/C19H16N4O2S/c1-2-23(19(25)12-7-8-15-16(9-12)26-11-20-15)10-17-21-14-6-4-3-5-13(14)18(24)22-17/h3-9,11H,2,10H2,1H3,(H,21,22,24). The zero-order chi connectivity index (χ0) is 18.1. The molecular formula is C19H16N4O2S. The summed E-state index contributed by atoms with van der Waals surface area (Å²) in [5.41, 5.74) is 3.68. The van der Waals surface area contributed by atoms with E-state index in [1.54, 1.807) is 34.7 Å².